The van der Waals surface area contributed by atoms with E-state index in [-0.39, 0.29) is 12.5 Å². The molecule has 5 atom stereocenters. The minimum Gasteiger partial charge on any atom is -0.430 e. The van der Waals surface area contributed by atoms with Gasteiger partial charge in [-0.05, 0) is 12.1 Å². The minimum absolute atomic E-state index is 0.213. The first kappa shape index (κ1) is 20.3. The Kier molecular flexibility index (Phi) is 7.52. The lowest BCUT2D eigenvalue weighted by Gasteiger charge is -2.44. The molecular weight excluding hydrogens is 342 g/mol. The lowest BCUT2D eigenvalue weighted by molar-refractivity contribution is -0.263. The fourth-order valence-corrected chi connectivity index (χ4v) is 3.00. The van der Waals surface area contributed by atoms with Crippen LogP contribution in [0.2, 0.25) is 0 Å². The van der Waals surface area contributed by atoms with Crippen molar-refractivity contribution in [3.05, 3.63) is 35.9 Å². The lowest BCUT2D eigenvalue weighted by Crippen LogP contribution is -2.65. The molecule has 5 unspecified atom stereocenters. The number of amides is 1. The fourth-order valence-electron chi connectivity index (χ4n) is 3.00. The molecule has 1 heterocycles. The molecule has 1 aromatic carbocycles. The zero-order chi connectivity index (χ0) is 19.1. The summed E-state index contributed by atoms with van der Waals surface area (Å²) in [7, 11) is 4.55. The summed E-state index contributed by atoms with van der Waals surface area (Å²) in [5, 5.41) is 2.73. The largest absolute Gasteiger partial charge is 0.430 e. The van der Waals surface area contributed by atoms with Gasteiger partial charge in [-0.2, -0.15) is 0 Å². The molecule has 1 N–H and O–H groups in total. The van der Waals surface area contributed by atoms with Crippen LogP contribution in [0.5, 0.6) is 0 Å². The molecule has 1 saturated heterocycles. The van der Waals surface area contributed by atoms with E-state index in [4.69, 9.17) is 23.7 Å². The molecule has 1 aliphatic rings. The fraction of sp³-hybridized carbons (Fsp3) is 0.556. The Balaban J connectivity index is 2.26. The summed E-state index contributed by atoms with van der Waals surface area (Å²) < 4.78 is 27.6. The van der Waals surface area contributed by atoms with Gasteiger partial charge in [0, 0.05) is 28.3 Å². The molecule has 0 saturated carbocycles. The third-order valence-electron chi connectivity index (χ3n) is 4.12. The monoisotopic (exact) mass is 367 g/mol. The van der Waals surface area contributed by atoms with Crippen LogP contribution in [-0.2, 0) is 28.5 Å². The van der Waals surface area contributed by atoms with Crippen LogP contribution in [0.4, 0.5) is 0 Å². The zero-order valence-electron chi connectivity index (χ0n) is 15.3. The molecule has 0 aliphatic carbocycles. The molecule has 144 valence electrons. The smallest absolute Gasteiger partial charge is 0.340 e. The summed E-state index contributed by atoms with van der Waals surface area (Å²) in [4.78, 5) is 24.1. The van der Waals surface area contributed by atoms with Gasteiger partial charge in [-0.25, -0.2) is 4.79 Å². The number of carbonyl (C=O) groups excluding carboxylic acids is 2. The van der Waals surface area contributed by atoms with Crippen molar-refractivity contribution in [3.63, 3.8) is 0 Å². The molecule has 8 nitrogen and oxygen atoms in total. The summed E-state index contributed by atoms with van der Waals surface area (Å²) in [6, 6.07) is 7.80. The summed E-state index contributed by atoms with van der Waals surface area (Å²) >= 11 is 0. The van der Waals surface area contributed by atoms with E-state index in [0.29, 0.717) is 5.56 Å². The predicted molar refractivity (Wildman–Crippen MR) is 91.6 cm³/mol. The number of benzene rings is 1. The van der Waals surface area contributed by atoms with E-state index in [2.05, 4.69) is 5.32 Å². The molecule has 1 amide bonds. The molecule has 1 fully saturated rings. The Labute approximate surface area is 152 Å². The van der Waals surface area contributed by atoms with Crippen molar-refractivity contribution >= 4 is 11.9 Å². The number of hydrogen-bond donors (Lipinski definition) is 1. The number of rotatable bonds is 7. The van der Waals surface area contributed by atoms with Crippen LogP contribution < -0.4 is 5.32 Å². The summed E-state index contributed by atoms with van der Waals surface area (Å²) in [5.41, 5.74) is 0.379. The highest BCUT2D eigenvalue weighted by molar-refractivity contribution is 5.89. The van der Waals surface area contributed by atoms with Gasteiger partial charge in [-0.15, -0.1) is 0 Å². The Hall–Kier alpha value is -2.00. The van der Waals surface area contributed by atoms with Gasteiger partial charge in [0.2, 0.25) is 12.2 Å². The van der Waals surface area contributed by atoms with E-state index in [9.17, 15) is 9.59 Å². The highest BCUT2D eigenvalue weighted by Gasteiger charge is 2.48. The van der Waals surface area contributed by atoms with Crippen LogP contribution in [0.15, 0.2) is 30.3 Å². The number of hydrogen-bond acceptors (Lipinski definition) is 7. The number of carbonyl (C=O) groups is 2. The van der Waals surface area contributed by atoms with Gasteiger partial charge < -0.3 is 29.0 Å². The first-order valence-corrected chi connectivity index (χ1v) is 8.25. The third-order valence-corrected chi connectivity index (χ3v) is 4.12. The van der Waals surface area contributed by atoms with Crippen LogP contribution >= 0.6 is 0 Å². The van der Waals surface area contributed by atoms with Crippen LogP contribution in [0.3, 0.4) is 0 Å². The standard InChI is InChI=1S/C18H25NO7/c1-11(20)19-14-16(24-4)15(23-3)13(10-22-2)25-18(14)26-17(21)12-8-6-5-7-9-12/h5-9,13-16,18H,10H2,1-4H3,(H,19,20). The molecule has 0 radical (unpaired) electrons. The number of nitrogens with one attached hydrogen (secondary N) is 1. The summed E-state index contributed by atoms with van der Waals surface area (Å²) in [6.45, 7) is 1.58. The van der Waals surface area contributed by atoms with Crippen molar-refractivity contribution in [2.45, 2.75) is 37.6 Å². The first-order chi connectivity index (χ1) is 12.5. The average molecular weight is 367 g/mol. The maximum Gasteiger partial charge on any atom is 0.340 e. The van der Waals surface area contributed by atoms with Crippen molar-refractivity contribution in [2.24, 2.45) is 0 Å². The second kappa shape index (κ2) is 9.63. The van der Waals surface area contributed by atoms with E-state index in [0.717, 1.165) is 0 Å². The molecule has 0 spiro atoms. The maximum absolute atomic E-state index is 12.4. The van der Waals surface area contributed by atoms with Gasteiger partial charge >= 0.3 is 5.97 Å². The molecule has 26 heavy (non-hydrogen) atoms. The maximum atomic E-state index is 12.4. The Morgan fingerprint density at radius 3 is 2.27 bits per heavy atom. The first-order valence-electron chi connectivity index (χ1n) is 8.25. The molecule has 8 heteroatoms. The Bertz CT molecular complexity index is 594. The van der Waals surface area contributed by atoms with Crippen LogP contribution in [-0.4, -0.2) is 70.5 Å². The zero-order valence-corrected chi connectivity index (χ0v) is 15.3. The van der Waals surface area contributed by atoms with E-state index < -0.39 is 36.6 Å². The SMILES string of the molecule is COCC1OC(OC(=O)c2ccccc2)C(NC(C)=O)C(OC)C1OC. The Morgan fingerprint density at radius 2 is 1.73 bits per heavy atom. The number of esters is 1. The van der Waals surface area contributed by atoms with Crippen molar-refractivity contribution in [3.8, 4) is 0 Å². The van der Waals surface area contributed by atoms with Crippen molar-refractivity contribution in [1.82, 2.24) is 5.32 Å². The number of methoxy groups -OCH3 is 3. The molecule has 0 aromatic heterocycles. The molecule has 1 aliphatic heterocycles. The average Bonchev–Trinajstić information content (AvgIpc) is 2.63. The van der Waals surface area contributed by atoms with E-state index in [1.165, 1.54) is 28.3 Å². The quantitative estimate of drug-likeness (QED) is 0.711. The lowest BCUT2D eigenvalue weighted by atomic mass is 9.96. The minimum atomic E-state index is -1.05. The highest BCUT2D eigenvalue weighted by Crippen LogP contribution is 2.27. The van der Waals surface area contributed by atoms with Crippen molar-refractivity contribution < 1.29 is 33.3 Å². The van der Waals surface area contributed by atoms with Gasteiger partial charge in [0.15, 0.2) is 0 Å². The highest BCUT2D eigenvalue weighted by atomic mass is 16.7. The predicted octanol–water partition coefficient (Wildman–Crippen LogP) is 0.749. The van der Waals surface area contributed by atoms with Crippen molar-refractivity contribution in [2.75, 3.05) is 27.9 Å². The second-order valence-electron chi connectivity index (χ2n) is 5.90. The summed E-state index contributed by atoms with van der Waals surface area (Å²) in [5.74, 6) is -0.866. The molecule has 0 bridgehead atoms. The van der Waals surface area contributed by atoms with Gasteiger partial charge in [0.25, 0.3) is 0 Å². The van der Waals surface area contributed by atoms with Gasteiger partial charge in [-0.1, -0.05) is 18.2 Å². The van der Waals surface area contributed by atoms with Gasteiger partial charge in [0.1, 0.15) is 24.4 Å². The number of ether oxygens (including phenoxy) is 5. The summed E-state index contributed by atoms with van der Waals surface area (Å²) in [6.07, 6.45) is -2.69. The van der Waals surface area contributed by atoms with Crippen LogP contribution in [0.1, 0.15) is 17.3 Å². The molecular formula is C18H25NO7. The normalized spacial score (nSPS) is 28.4. The Morgan fingerprint density at radius 1 is 1.08 bits per heavy atom. The van der Waals surface area contributed by atoms with Gasteiger partial charge in [0.05, 0.1) is 12.2 Å². The molecule has 2 rings (SSSR count). The topological polar surface area (TPSA) is 92.3 Å². The van der Waals surface area contributed by atoms with E-state index >= 15 is 0 Å². The third kappa shape index (κ3) is 4.79. The van der Waals surface area contributed by atoms with E-state index in [1.807, 2.05) is 0 Å². The van der Waals surface area contributed by atoms with E-state index in [1.54, 1.807) is 30.3 Å². The molecule has 1 aromatic rings. The van der Waals surface area contributed by atoms with Crippen LogP contribution in [0, 0.1) is 0 Å². The van der Waals surface area contributed by atoms with Crippen LogP contribution in [0.25, 0.3) is 0 Å². The van der Waals surface area contributed by atoms with Gasteiger partial charge in [-0.3, -0.25) is 4.79 Å². The second-order valence-corrected chi connectivity index (χ2v) is 5.90. The van der Waals surface area contributed by atoms with Crippen molar-refractivity contribution in [1.29, 1.82) is 0 Å².